The maximum absolute atomic E-state index is 13.5. The van der Waals surface area contributed by atoms with Gasteiger partial charge >= 0.3 is 0 Å². The minimum absolute atomic E-state index is 0.106. The van der Waals surface area contributed by atoms with Crippen molar-refractivity contribution in [2.75, 3.05) is 13.2 Å². The van der Waals surface area contributed by atoms with Crippen molar-refractivity contribution in [2.24, 2.45) is 7.05 Å². The van der Waals surface area contributed by atoms with Crippen LogP contribution < -0.4 is 4.74 Å². The number of aliphatic hydroxyl groups excluding tert-OH is 1. The fourth-order valence-electron chi connectivity index (χ4n) is 3.88. The molecule has 0 amide bonds. The van der Waals surface area contributed by atoms with Gasteiger partial charge in [0.15, 0.2) is 17.2 Å². The zero-order valence-corrected chi connectivity index (χ0v) is 18.6. The van der Waals surface area contributed by atoms with Gasteiger partial charge in [-0.15, -0.1) is 10.2 Å². The van der Waals surface area contributed by atoms with Crippen molar-refractivity contribution in [2.45, 2.75) is 32.6 Å². The van der Waals surface area contributed by atoms with Crippen LogP contribution >= 0.6 is 0 Å². The van der Waals surface area contributed by atoms with Crippen LogP contribution in [0, 0.1) is 6.92 Å². The highest BCUT2D eigenvalue weighted by molar-refractivity contribution is 5.97. The highest BCUT2D eigenvalue weighted by Gasteiger charge is 2.32. The number of tetrazole rings is 1. The molecule has 1 atom stereocenters. The van der Waals surface area contributed by atoms with Crippen LogP contribution in [0.25, 0.3) is 17.0 Å². The number of pyridine rings is 1. The van der Waals surface area contributed by atoms with Crippen molar-refractivity contribution < 1.29 is 14.6 Å². The highest BCUT2D eigenvalue weighted by Crippen LogP contribution is 2.32. The van der Waals surface area contributed by atoms with Gasteiger partial charge < -0.3 is 9.84 Å². The van der Waals surface area contributed by atoms with Crippen molar-refractivity contribution in [1.29, 1.82) is 0 Å². The summed E-state index contributed by atoms with van der Waals surface area (Å²) in [5, 5.41) is 22.5. The van der Waals surface area contributed by atoms with E-state index in [2.05, 4.69) is 20.4 Å². The quantitative estimate of drug-likeness (QED) is 0.425. The van der Waals surface area contributed by atoms with E-state index in [1.54, 1.807) is 11.4 Å². The van der Waals surface area contributed by atoms with E-state index in [1.807, 2.05) is 63.4 Å². The van der Waals surface area contributed by atoms with Gasteiger partial charge in [-0.25, -0.2) is 4.98 Å². The fraction of sp³-hybridized carbons (Fsp3) is 0.348. The smallest absolute Gasteiger partial charge is 0.204 e. The Morgan fingerprint density at radius 1 is 1.25 bits per heavy atom. The molecule has 0 aliphatic heterocycles. The van der Waals surface area contributed by atoms with E-state index < -0.39 is 5.41 Å². The van der Waals surface area contributed by atoms with Crippen LogP contribution in [-0.4, -0.2) is 53.7 Å². The molecule has 0 aliphatic rings. The van der Waals surface area contributed by atoms with Crippen LogP contribution in [-0.2, 0) is 12.5 Å². The molecule has 166 valence electrons. The van der Waals surface area contributed by atoms with Crippen molar-refractivity contribution in [3.63, 3.8) is 0 Å². The van der Waals surface area contributed by atoms with Crippen LogP contribution in [0.1, 0.15) is 42.0 Å². The number of rotatable bonds is 8. The summed E-state index contributed by atoms with van der Waals surface area (Å²) < 4.78 is 7.43. The third-order valence-corrected chi connectivity index (χ3v) is 5.58. The van der Waals surface area contributed by atoms with E-state index >= 15 is 0 Å². The van der Waals surface area contributed by atoms with E-state index in [4.69, 9.17) is 4.74 Å². The Bertz CT molecular complexity index is 1280. The second kappa shape index (κ2) is 8.51. The fourth-order valence-corrected chi connectivity index (χ4v) is 3.88. The summed E-state index contributed by atoms with van der Waals surface area (Å²) in [7, 11) is 1.70. The molecule has 0 saturated carbocycles. The first kappa shape index (κ1) is 21.6. The second-order valence-corrected chi connectivity index (χ2v) is 8.05. The molecule has 0 bridgehead atoms. The molecular weight excluding hydrogens is 408 g/mol. The molecule has 0 unspecified atom stereocenters. The summed E-state index contributed by atoms with van der Waals surface area (Å²) in [6.07, 6.45) is 1.91. The number of fused-ring (bicyclic) bond motifs is 1. The number of carbonyl (C=O) groups is 1. The van der Waals surface area contributed by atoms with E-state index in [-0.39, 0.29) is 18.8 Å². The lowest BCUT2D eigenvalue weighted by atomic mass is 9.78. The number of benzene rings is 1. The summed E-state index contributed by atoms with van der Waals surface area (Å²) in [6.45, 7) is 5.90. The molecule has 0 spiro atoms. The van der Waals surface area contributed by atoms with Crippen LogP contribution in [0.2, 0.25) is 0 Å². The minimum atomic E-state index is -0.802. The van der Waals surface area contributed by atoms with Crippen molar-refractivity contribution >= 4 is 11.4 Å². The number of hydrogen-bond donors (Lipinski definition) is 1. The Labute approximate surface area is 185 Å². The zero-order valence-electron chi connectivity index (χ0n) is 18.6. The van der Waals surface area contributed by atoms with Crippen molar-refractivity contribution in [3.8, 4) is 17.1 Å². The maximum atomic E-state index is 13.5. The third kappa shape index (κ3) is 3.87. The number of ketones is 1. The predicted octanol–water partition coefficient (Wildman–Crippen LogP) is 2.75. The van der Waals surface area contributed by atoms with Crippen molar-refractivity contribution in [3.05, 3.63) is 59.5 Å². The van der Waals surface area contributed by atoms with Crippen LogP contribution in [0.5, 0.6) is 5.75 Å². The summed E-state index contributed by atoms with van der Waals surface area (Å²) in [5.74, 6) is 1.01. The van der Waals surface area contributed by atoms with Gasteiger partial charge in [-0.05, 0) is 42.8 Å². The summed E-state index contributed by atoms with van der Waals surface area (Å²) in [6, 6.07) is 11.2. The summed E-state index contributed by atoms with van der Waals surface area (Å²) >= 11 is 0. The molecule has 1 N–H and O–H groups in total. The molecule has 0 fully saturated rings. The van der Waals surface area contributed by atoms with E-state index in [0.717, 1.165) is 11.1 Å². The number of Topliss-reactive ketones (excluding diaryl/α,β-unsaturated/α-hetero) is 1. The molecule has 9 nitrogen and oxygen atoms in total. The molecule has 9 heteroatoms. The number of aliphatic hydroxyl groups is 1. The van der Waals surface area contributed by atoms with Gasteiger partial charge in [0.25, 0.3) is 0 Å². The van der Waals surface area contributed by atoms with Gasteiger partial charge in [0.1, 0.15) is 5.69 Å². The number of carbonyl (C=O) groups excluding carboxylic acids is 1. The highest BCUT2D eigenvalue weighted by atomic mass is 16.5. The minimum Gasteiger partial charge on any atom is -0.490 e. The SMILES string of the molecule is CCOc1cccn2c(C(=O)C[C@@](C)(CO)c3cccc(-c4nnn(C)n4)c3)c(C)nc12. The topological polar surface area (TPSA) is 107 Å². The van der Waals surface area contributed by atoms with Crippen LogP contribution in [0.15, 0.2) is 42.6 Å². The average molecular weight is 435 g/mol. The normalized spacial score (nSPS) is 13.3. The number of aromatic nitrogens is 6. The molecule has 32 heavy (non-hydrogen) atoms. The molecule has 3 aromatic heterocycles. The standard InChI is InChI=1S/C23H26N6O3/c1-5-32-19-10-7-11-29-20(15(2)24-22(19)29)18(31)13-23(3,14-30)17-9-6-8-16(12-17)21-25-27-28(4)26-21/h6-12,30H,5,13-14H2,1-4H3/t23-/m0/s1. The van der Waals surface area contributed by atoms with E-state index in [0.29, 0.717) is 35.2 Å². The third-order valence-electron chi connectivity index (χ3n) is 5.58. The lowest BCUT2D eigenvalue weighted by molar-refractivity contribution is 0.0912. The Morgan fingerprint density at radius 2 is 2.06 bits per heavy atom. The average Bonchev–Trinajstić information content (AvgIpc) is 3.37. The number of nitrogens with zero attached hydrogens (tertiary/aromatic N) is 6. The molecular formula is C23H26N6O3. The molecule has 0 aliphatic carbocycles. The first-order valence-electron chi connectivity index (χ1n) is 10.5. The number of hydrogen-bond acceptors (Lipinski definition) is 7. The van der Waals surface area contributed by atoms with Gasteiger partial charge in [0.2, 0.25) is 5.82 Å². The van der Waals surface area contributed by atoms with Crippen LogP contribution in [0.4, 0.5) is 0 Å². The number of ether oxygens (including phenoxy) is 1. The lowest BCUT2D eigenvalue weighted by Crippen LogP contribution is -2.30. The predicted molar refractivity (Wildman–Crippen MR) is 119 cm³/mol. The Kier molecular flexibility index (Phi) is 5.75. The van der Waals surface area contributed by atoms with E-state index in [1.165, 1.54) is 4.80 Å². The molecule has 0 radical (unpaired) electrons. The van der Waals surface area contributed by atoms with Gasteiger partial charge in [-0.2, -0.15) is 4.80 Å². The molecule has 1 aromatic carbocycles. The molecule has 4 rings (SSSR count). The molecule has 3 heterocycles. The second-order valence-electron chi connectivity index (χ2n) is 8.05. The Balaban J connectivity index is 1.69. The Hall–Kier alpha value is -3.59. The maximum Gasteiger partial charge on any atom is 0.204 e. The van der Waals surface area contributed by atoms with Gasteiger partial charge in [-0.1, -0.05) is 25.1 Å². The first-order chi connectivity index (χ1) is 15.4. The summed E-state index contributed by atoms with van der Waals surface area (Å²) in [5.41, 5.74) is 2.52. The van der Waals surface area contributed by atoms with Crippen molar-refractivity contribution in [1.82, 2.24) is 29.6 Å². The van der Waals surface area contributed by atoms with Gasteiger partial charge in [-0.3, -0.25) is 9.20 Å². The molecule has 0 saturated heterocycles. The zero-order chi connectivity index (χ0) is 22.9. The first-order valence-corrected chi connectivity index (χ1v) is 10.5. The Morgan fingerprint density at radius 3 is 2.75 bits per heavy atom. The molecule has 4 aromatic rings. The summed E-state index contributed by atoms with van der Waals surface area (Å²) in [4.78, 5) is 19.4. The van der Waals surface area contributed by atoms with Gasteiger partial charge in [0, 0.05) is 23.6 Å². The monoisotopic (exact) mass is 434 g/mol. The van der Waals surface area contributed by atoms with Gasteiger partial charge in [0.05, 0.1) is 26.0 Å². The number of aryl methyl sites for hydroxylation is 2. The van der Waals surface area contributed by atoms with E-state index in [9.17, 15) is 9.90 Å². The number of imidazole rings is 1. The van der Waals surface area contributed by atoms with Crippen LogP contribution in [0.3, 0.4) is 0 Å². The largest absolute Gasteiger partial charge is 0.490 e. The lowest BCUT2D eigenvalue weighted by Gasteiger charge is -2.27.